The average molecular weight is 418 g/mol. The second-order valence-electron chi connectivity index (χ2n) is 6.26. The van der Waals surface area contributed by atoms with Gasteiger partial charge in [-0.2, -0.15) is 0 Å². The summed E-state index contributed by atoms with van der Waals surface area (Å²) < 4.78 is 6.65. The van der Waals surface area contributed by atoms with Gasteiger partial charge in [-0.05, 0) is 52.7 Å². The number of hydrogen-bond donors (Lipinski definition) is 0. The first kappa shape index (κ1) is 16.9. The quantitative estimate of drug-likeness (QED) is 0.713. The van der Waals surface area contributed by atoms with Gasteiger partial charge < -0.3 is 9.64 Å². The van der Waals surface area contributed by atoms with Crippen molar-refractivity contribution in [3.05, 3.63) is 58.3 Å². The third kappa shape index (κ3) is 3.17. The Kier molecular flexibility index (Phi) is 4.73. The fraction of sp³-hybridized carbons (Fsp3) is 0.368. The first-order valence-corrected chi connectivity index (χ1v) is 10.2. The standard InChI is InChI=1S/C19H20BrN3OS/c1-3-24-16-8-7-13(10-14(16)20)18-17(15-6-4-5-9-21-15)22-19-23(18)11-12(2)25-19/h4-10,12,17-18H,3,11H2,1-2H3. The normalized spacial score (nSPS) is 25.0. The first-order valence-electron chi connectivity index (χ1n) is 8.51. The van der Waals surface area contributed by atoms with E-state index in [0.29, 0.717) is 11.9 Å². The molecule has 130 valence electrons. The van der Waals surface area contributed by atoms with Crippen molar-refractivity contribution in [1.29, 1.82) is 0 Å². The highest BCUT2D eigenvalue weighted by Gasteiger charge is 2.43. The number of ether oxygens (including phenoxy) is 1. The van der Waals surface area contributed by atoms with E-state index >= 15 is 0 Å². The van der Waals surface area contributed by atoms with E-state index in [0.717, 1.165) is 27.6 Å². The zero-order valence-corrected chi connectivity index (χ0v) is 16.6. The maximum absolute atomic E-state index is 5.66. The Morgan fingerprint density at radius 3 is 2.92 bits per heavy atom. The highest BCUT2D eigenvalue weighted by Crippen LogP contribution is 2.48. The molecular formula is C19H20BrN3OS. The van der Waals surface area contributed by atoms with Gasteiger partial charge in [-0.3, -0.25) is 9.98 Å². The Labute approximate surface area is 160 Å². The van der Waals surface area contributed by atoms with E-state index in [9.17, 15) is 0 Å². The number of aliphatic imine (C=N–C) groups is 1. The minimum atomic E-state index is 0.0287. The van der Waals surface area contributed by atoms with Crippen LogP contribution in [0.5, 0.6) is 5.75 Å². The van der Waals surface area contributed by atoms with Gasteiger partial charge in [-0.1, -0.05) is 30.8 Å². The Bertz CT molecular complexity index is 799. The molecule has 0 radical (unpaired) electrons. The molecule has 3 heterocycles. The largest absolute Gasteiger partial charge is 0.493 e. The summed E-state index contributed by atoms with van der Waals surface area (Å²) >= 11 is 5.51. The Balaban J connectivity index is 1.73. The average Bonchev–Trinajstić information content (AvgIpc) is 3.13. The lowest BCUT2D eigenvalue weighted by Gasteiger charge is -2.27. The monoisotopic (exact) mass is 417 g/mol. The van der Waals surface area contributed by atoms with Gasteiger partial charge >= 0.3 is 0 Å². The molecule has 0 amide bonds. The second kappa shape index (κ2) is 7.00. The van der Waals surface area contributed by atoms with Crippen LogP contribution in [0.25, 0.3) is 0 Å². The van der Waals surface area contributed by atoms with Crippen LogP contribution in [0.4, 0.5) is 0 Å². The van der Waals surface area contributed by atoms with Crippen LogP contribution < -0.4 is 4.74 Å². The van der Waals surface area contributed by atoms with Crippen molar-refractivity contribution in [2.24, 2.45) is 4.99 Å². The van der Waals surface area contributed by atoms with E-state index in [1.54, 1.807) is 0 Å². The smallest absolute Gasteiger partial charge is 0.160 e. The van der Waals surface area contributed by atoms with Crippen LogP contribution in [-0.2, 0) is 0 Å². The van der Waals surface area contributed by atoms with E-state index < -0.39 is 0 Å². The molecule has 25 heavy (non-hydrogen) atoms. The zero-order valence-electron chi connectivity index (χ0n) is 14.2. The molecule has 0 spiro atoms. The lowest BCUT2D eigenvalue weighted by Crippen LogP contribution is -2.28. The molecule has 0 saturated carbocycles. The molecule has 2 aliphatic heterocycles. The third-order valence-corrected chi connectivity index (χ3v) is 6.20. The van der Waals surface area contributed by atoms with Gasteiger partial charge in [0.25, 0.3) is 0 Å². The van der Waals surface area contributed by atoms with E-state index in [1.807, 2.05) is 43.1 Å². The van der Waals surface area contributed by atoms with Crippen LogP contribution in [0.1, 0.15) is 37.2 Å². The minimum absolute atomic E-state index is 0.0287. The SMILES string of the molecule is CCOc1ccc(C2C(c3ccccn3)N=C3SC(C)CN32)cc1Br. The molecular weight excluding hydrogens is 398 g/mol. The summed E-state index contributed by atoms with van der Waals surface area (Å²) in [4.78, 5) is 12.0. The number of pyridine rings is 1. The number of benzene rings is 1. The maximum Gasteiger partial charge on any atom is 0.160 e. The molecule has 4 nitrogen and oxygen atoms in total. The van der Waals surface area contributed by atoms with Gasteiger partial charge in [-0.15, -0.1) is 0 Å². The van der Waals surface area contributed by atoms with Crippen molar-refractivity contribution >= 4 is 32.9 Å². The van der Waals surface area contributed by atoms with Crippen LogP contribution in [0.2, 0.25) is 0 Å². The molecule has 3 atom stereocenters. The number of amidine groups is 1. The Morgan fingerprint density at radius 1 is 1.32 bits per heavy atom. The fourth-order valence-corrected chi connectivity index (χ4v) is 5.06. The highest BCUT2D eigenvalue weighted by atomic mass is 79.9. The molecule has 1 fully saturated rings. The van der Waals surface area contributed by atoms with Crippen LogP contribution in [0, 0.1) is 0 Å². The van der Waals surface area contributed by atoms with Crippen LogP contribution in [0.15, 0.2) is 52.1 Å². The lowest BCUT2D eigenvalue weighted by atomic mass is 9.96. The minimum Gasteiger partial charge on any atom is -0.493 e. The van der Waals surface area contributed by atoms with Gasteiger partial charge in [0, 0.05) is 18.0 Å². The number of aromatic nitrogens is 1. The summed E-state index contributed by atoms with van der Waals surface area (Å²) in [7, 11) is 0. The topological polar surface area (TPSA) is 37.7 Å². The molecule has 0 bridgehead atoms. The van der Waals surface area contributed by atoms with Crippen LogP contribution in [-0.4, -0.2) is 33.5 Å². The van der Waals surface area contributed by atoms with E-state index in [1.165, 1.54) is 5.56 Å². The molecule has 1 aromatic carbocycles. The molecule has 3 unspecified atom stereocenters. The van der Waals surface area contributed by atoms with Gasteiger partial charge in [0.15, 0.2) is 5.17 Å². The number of rotatable bonds is 4. The van der Waals surface area contributed by atoms with Crippen molar-refractivity contribution in [3.8, 4) is 5.75 Å². The van der Waals surface area contributed by atoms with Crippen LogP contribution in [0.3, 0.4) is 0 Å². The van der Waals surface area contributed by atoms with Gasteiger partial charge in [0.2, 0.25) is 0 Å². The van der Waals surface area contributed by atoms with Crippen molar-refractivity contribution < 1.29 is 4.74 Å². The predicted molar refractivity (Wildman–Crippen MR) is 106 cm³/mol. The van der Waals surface area contributed by atoms with E-state index in [2.05, 4.69) is 50.9 Å². The number of thioether (sulfide) groups is 1. The molecule has 4 rings (SSSR count). The Morgan fingerprint density at radius 2 is 2.20 bits per heavy atom. The predicted octanol–water partition coefficient (Wildman–Crippen LogP) is 4.83. The number of fused-ring (bicyclic) bond motifs is 1. The second-order valence-corrected chi connectivity index (χ2v) is 8.52. The van der Waals surface area contributed by atoms with Crippen LogP contribution >= 0.6 is 27.7 Å². The summed E-state index contributed by atoms with van der Waals surface area (Å²) in [5, 5.41) is 1.70. The highest BCUT2D eigenvalue weighted by molar-refractivity contribution is 9.10. The summed E-state index contributed by atoms with van der Waals surface area (Å²) in [6.45, 7) is 5.93. The van der Waals surface area contributed by atoms with E-state index in [4.69, 9.17) is 9.73 Å². The van der Waals surface area contributed by atoms with Gasteiger partial charge in [-0.25, -0.2) is 0 Å². The molecule has 1 aromatic heterocycles. The lowest BCUT2D eigenvalue weighted by molar-refractivity contribution is 0.319. The maximum atomic E-state index is 5.66. The van der Waals surface area contributed by atoms with Crippen molar-refractivity contribution in [1.82, 2.24) is 9.88 Å². The first-order chi connectivity index (χ1) is 12.2. The zero-order chi connectivity index (χ0) is 17.4. The summed E-state index contributed by atoms with van der Waals surface area (Å²) in [5.41, 5.74) is 2.26. The van der Waals surface area contributed by atoms with Gasteiger partial charge in [0.05, 0.1) is 22.8 Å². The van der Waals surface area contributed by atoms with Crippen molar-refractivity contribution in [2.45, 2.75) is 31.2 Å². The molecule has 0 aliphatic carbocycles. The molecule has 2 aliphatic rings. The molecule has 1 saturated heterocycles. The summed E-state index contributed by atoms with van der Waals surface area (Å²) in [6.07, 6.45) is 1.85. The number of hydrogen-bond acceptors (Lipinski definition) is 5. The number of halogens is 1. The summed E-state index contributed by atoms with van der Waals surface area (Å²) in [5.74, 6) is 0.879. The molecule has 6 heteroatoms. The third-order valence-electron chi connectivity index (χ3n) is 4.48. The molecule has 0 N–H and O–H groups in total. The van der Waals surface area contributed by atoms with Crippen molar-refractivity contribution in [3.63, 3.8) is 0 Å². The van der Waals surface area contributed by atoms with Crippen molar-refractivity contribution in [2.75, 3.05) is 13.2 Å². The van der Waals surface area contributed by atoms with Gasteiger partial charge in [0.1, 0.15) is 11.8 Å². The molecule has 2 aromatic rings. The Hall–Kier alpha value is -1.53. The summed E-state index contributed by atoms with van der Waals surface area (Å²) in [6, 6.07) is 12.6. The number of nitrogens with zero attached hydrogens (tertiary/aromatic N) is 3. The fourth-order valence-electron chi connectivity index (χ4n) is 3.45. The van der Waals surface area contributed by atoms with E-state index in [-0.39, 0.29) is 12.1 Å².